The van der Waals surface area contributed by atoms with E-state index in [9.17, 15) is 14.7 Å². The van der Waals surface area contributed by atoms with Gasteiger partial charge in [0, 0.05) is 12.5 Å². The number of carboxylic acids is 1. The van der Waals surface area contributed by atoms with Crippen molar-refractivity contribution in [2.24, 2.45) is 5.92 Å². The van der Waals surface area contributed by atoms with E-state index in [0.29, 0.717) is 6.54 Å². The van der Waals surface area contributed by atoms with Gasteiger partial charge in [-0.1, -0.05) is 0 Å². The van der Waals surface area contributed by atoms with E-state index in [2.05, 4.69) is 10.2 Å². The first-order valence-corrected chi connectivity index (χ1v) is 6.10. The van der Waals surface area contributed by atoms with E-state index in [1.165, 1.54) is 0 Å². The van der Waals surface area contributed by atoms with Crippen LogP contribution in [-0.2, 0) is 9.53 Å². The van der Waals surface area contributed by atoms with E-state index >= 15 is 0 Å². The number of ether oxygens (including phenoxy) is 1. The number of alkyl carbamates (subject to hydrolysis) is 1. The van der Waals surface area contributed by atoms with Crippen LogP contribution < -0.4 is 5.32 Å². The lowest BCUT2D eigenvalue weighted by atomic mass is 9.99. The largest absolute Gasteiger partial charge is 0.480 e. The minimum Gasteiger partial charge on any atom is -0.480 e. The number of rotatable bonds is 3. The molecule has 2 N–H and O–H groups in total. The Morgan fingerprint density at radius 3 is 2.44 bits per heavy atom. The quantitative estimate of drug-likeness (QED) is 0.787. The number of likely N-dealkylation sites (tertiary alicyclic amines) is 1. The van der Waals surface area contributed by atoms with Crippen molar-refractivity contribution in [2.45, 2.75) is 38.8 Å². The van der Waals surface area contributed by atoms with Gasteiger partial charge in [-0.05, 0) is 40.8 Å². The van der Waals surface area contributed by atoms with Crippen molar-refractivity contribution in [1.29, 1.82) is 0 Å². The van der Waals surface area contributed by atoms with Crippen LogP contribution in [0, 0.1) is 5.92 Å². The number of hydrogen-bond acceptors (Lipinski definition) is 4. The smallest absolute Gasteiger partial charge is 0.408 e. The van der Waals surface area contributed by atoms with Crippen LogP contribution in [0.3, 0.4) is 0 Å². The molecule has 1 fully saturated rings. The Labute approximate surface area is 107 Å². The maximum absolute atomic E-state index is 11.6. The summed E-state index contributed by atoms with van der Waals surface area (Å²) in [7, 11) is 1.94. The van der Waals surface area contributed by atoms with Crippen LogP contribution in [0.25, 0.3) is 0 Å². The normalized spacial score (nSPS) is 22.6. The lowest BCUT2D eigenvalue weighted by Crippen LogP contribution is -2.48. The van der Waals surface area contributed by atoms with E-state index in [-0.39, 0.29) is 5.92 Å². The van der Waals surface area contributed by atoms with E-state index in [1.54, 1.807) is 20.8 Å². The van der Waals surface area contributed by atoms with Gasteiger partial charge in [0.05, 0.1) is 0 Å². The highest BCUT2D eigenvalue weighted by atomic mass is 16.6. The molecule has 0 radical (unpaired) electrons. The molecule has 0 aromatic rings. The molecule has 104 valence electrons. The van der Waals surface area contributed by atoms with E-state index in [4.69, 9.17) is 4.74 Å². The van der Waals surface area contributed by atoms with Gasteiger partial charge in [0.2, 0.25) is 0 Å². The fourth-order valence-corrected chi connectivity index (χ4v) is 2.06. The minimum absolute atomic E-state index is 0.0694. The molecule has 0 saturated carbocycles. The van der Waals surface area contributed by atoms with Gasteiger partial charge in [0.15, 0.2) is 0 Å². The van der Waals surface area contributed by atoms with Crippen molar-refractivity contribution >= 4 is 12.1 Å². The molecule has 0 bridgehead atoms. The van der Waals surface area contributed by atoms with Gasteiger partial charge >= 0.3 is 12.1 Å². The molecule has 0 aromatic heterocycles. The summed E-state index contributed by atoms with van der Waals surface area (Å²) in [6.45, 7) is 6.75. The number of carbonyl (C=O) groups is 2. The summed E-state index contributed by atoms with van der Waals surface area (Å²) in [5.74, 6) is -1.08. The van der Waals surface area contributed by atoms with Crippen molar-refractivity contribution < 1.29 is 19.4 Å². The lowest BCUT2D eigenvalue weighted by Gasteiger charge is -2.24. The summed E-state index contributed by atoms with van der Waals surface area (Å²) in [4.78, 5) is 24.9. The Kier molecular flexibility index (Phi) is 4.56. The van der Waals surface area contributed by atoms with E-state index in [0.717, 1.165) is 13.0 Å². The zero-order valence-electron chi connectivity index (χ0n) is 11.4. The topological polar surface area (TPSA) is 78.9 Å². The SMILES string of the molecule is CN1CCC(C(NC(=O)OC(C)(C)C)C(=O)O)C1. The number of nitrogens with one attached hydrogen (secondary N) is 1. The van der Waals surface area contributed by atoms with Crippen molar-refractivity contribution in [2.75, 3.05) is 20.1 Å². The molecule has 6 heteroatoms. The molecule has 1 heterocycles. The molecule has 6 nitrogen and oxygen atoms in total. The standard InChI is InChI=1S/C12H22N2O4/c1-12(2,3)18-11(17)13-9(10(15)16)8-5-6-14(4)7-8/h8-9H,5-7H2,1-4H3,(H,13,17)(H,15,16). The highest BCUT2D eigenvalue weighted by Crippen LogP contribution is 2.19. The minimum atomic E-state index is -1.01. The van der Waals surface area contributed by atoms with Gasteiger partial charge in [0.25, 0.3) is 0 Å². The molecular weight excluding hydrogens is 236 g/mol. The van der Waals surface area contributed by atoms with Crippen molar-refractivity contribution in [1.82, 2.24) is 10.2 Å². The molecule has 2 atom stereocenters. The summed E-state index contributed by atoms with van der Waals surface area (Å²) in [5.41, 5.74) is -0.625. The molecule has 1 aliphatic rings. The van der Waals surface area contributed by atoms with Gasteiger partial charge in [-0.25, -0.2) is 9.59 Å². The highest BCUT2D eigenvalue weighted by molar-refractivity contribution is 5.80. The summed E-state index contributed by atoms with van der Waals surface area (Å²) < 4.78 is 5.08. The van der Waals surface area contributed by atoms with Crippen LogP contribution in [0.1, 0.15) is 27.2 Å². The van der Waals surface area contributed by atoms with Gasteiger partial charge in [-0.2, -0.15) is 0 Å². The van der Waals surface area contributed by atoms with Crippen LogP contribution in [0.4, 0.5) is 4.79 Å². The average Bonchev–Trinajstić information content (AvgIpc) is 2.57. The molecule has 1 amide bonds. The summed E-state index contributed by atoms with van der Waals surface area (Å²) >= 11 is 0. The maximum Gasteiger partial charge on any atom is 0.408 e. The van der Waals surface area contributed by atoms with Crippen LogP contribution in [0.15, 0.2) is 0 Å². The number of carbonyl (C=O) groups excluding carboxylic acids is 1. The third-order valence-electron chi connectivity index (χ3n) is 2.84. The molecular formula is C12H22N2O4. The molecule has 0 spiro atoms. The molecule has 0 aromatic carbocycles. The molecule has 0 aliphatic carbocycles. The third-order valence-corrected chi connectivity index (χ3v) is 2.84. The second kappa shape index (κ2) is 5.56. The Bertz CT molecular complexity index is 325. The van der Waals surface area contributed by atoms with Crippen LogP contribution in [-0.4, -0.2) is 53.8 Å². The van der Waals surface area contributed by atoms with Crippen LogP contribution in [0.5, 0.6) is 0 Å². The summed E-state index contributed by atoms with van der Waals surface area (Å²) in [6.07, 6.45) is 0.0907. The summed E-state index contributed by atoms with van der Waals surface area (Å²) in [6, 6.07) is -0.884. The van der Waals surface area contributed by atoms with Crippen LogP contribution >= 0.6 is 0 Å². The molecule has 18 heavy (non-hydrogen) atoms. The first-order valence-electron chi connectivity index (χ1n) is 6.10. The fraction of sp³-hybridized carbons (Fsp3) is 0.833. The average molecular weight is 258 g/mol. The second-order valence-corrected chi connectivity index (χ2v) is 5.77. The lowest BCUT2D eigenvalue weighted by molar-refractivity contribution is -0.140. The van der Waals surface area contributed by atoms with E-state index < -0.39 is 23.7 Å². The predicted molar refractivity (Wildman–Crippen MR) is 66.4 cm³/mol. The van der Waals surface area contributed by atoms with Gasteiger partial charge in [0.1, 0.15) is 11.6 Å². The summed E-state index contributed by atoms with van der Waals surface area (Å²) in [5, 5.41) is 11.6. The number of carboxylic acid groups (broad SMARTS) is 1. The number of hydrogen-bond donors (Lipinski definition) is 2. The maximum atomic E-state index is 11.6. The Morgan fingerprint density at radius 2 is 2.06 bits per heavy atom. The Balaban J connectivity index is 2.58. The second-order valence-electron chi connectivity index (χ2n) is 5.77. The molecule has 1 saturated heterocycles. The monoisotopic (exact) mass is 258 g/mol. The Morgan fingerprint density at radius 1 is 1.44 bits per heavy atom. The number of amides is 1. The van der Waals surface area contributed by atoms with Crippen molar-refractivity contribution in [3.05, 3.63) is 0 Å². The van der Waals surface area contributed by atoms with Crippen molar-refractivity contribution in [3.63, 3.8) is 0 Å². The predicted octanol–water partition coefficient (Wildman–Crippen LogP) is 0.916. The fourth-order valence-electron chi connectivity index (χ4n) is 2.06. The molecule has 1 rings (SSSR count). The number of nitrogens with zero attached hydrogens (tertiary/aromatic N) is 1. The van der Waals surface area contributed by atoms with Gasteiger partial charge in [-0.3, -0.25) is 0 Å². The first-order chi connectivity index (χ1) is 8.19. The molecule has 1 aliphatic heterocycles. The van der Waals surface area contributed by atoms with Gasteiger partial charge < -0.3 is 20.1 Å². The van der Waals surface area contributed by atoms with Gasteiger partial charge in [-0.15, -0.1) is 0 Å². The Hall–Kier alpha value is -1.30. The third kappa shape index (κ3) is 4.52. The van der Waals surface area contributed by atoms with Crippen LogP contribution in [0.2, 0.25) is 0 Å². The first kappa shape index (κ1) is 14.8. The highest BCUT2D eigenvalue weighted by Gasteiger charge is 2.34. The zero-order chi connectivity index (χ0) is 13.9. The number of aliphatic carboxylic acids is 1. The molecule has 2 unspecified atom stereocenters. The van der Waals surface area contributed by atoms with Crippen molar-refractivity contribution in [3.8, 4) is 0 Å². The van der Waals surface area contributed by atoms with E-state index in [1.807, 2.05) is 7.05 Å². The zero-order valence-corrected chi connectivity index (χ0v) is 11.4.